The first-order valence-electron chi connectivity index (χ1n) is 10.1. The van der Waals surface area contributed by atoms with Crippen molar-refractivity contribution in [3.05, 3.63) is 59.7 Å². The first kappa shape index (κ1) is 21.1. The molecule has 156 valence electrons. The van der Waals surface area contributed by atoms with Gasteiger partial charge in [0.05, 0.1) is 20.8 Å². The highest BCUT2D eigenvalue weighted by Gasteiger charge is 2.19. The maximum absolute atomic E-state index is 12.2. The number of nitrogens with zero attached hydrogens (tertiary/aromatic N) is 2. The number of rotatable bonds is 9. The molecule has 1 aliphatic heterocycles. The highest BCUT2D eigenvalue weighted by atomic mass is 16.5. The predicted octanol–water partition coefficient (Wildman–Crippen LogP) is 2.18. The lowest BCUT2D eigenvalue weighted by atomic mass is 10.1. The summed E-state index contributed by atoms with van der Waals surface area (Å²) in [5, 5.41) is 3.03. The van der Waals surface area contributed by atoms with Crippen LogP contribution in [-0.2, 0) is 17.8 Å². The summed E-state index contributed by atoms with van der Waals surface area (Å²) < 4.78 is 10.7. The zero-order valence-corrected chi connectivity index (χ0v) is 17.4. The van der Waals surface area contributed by atoms with Crippen molar-refractivity contribution >= 4 is 5.91 Å². The number of hydrogen-bond donors (Lipinski definition) is 1. The highest BCUT2D eigenvalue weighted by Crippen LogP contribution is 2.28. The Balaban J connectivity index is 1.37. The second kappa shape index (κ2) is 10.8. The number of amides is 1. The van der Waals surface area contributed by atoms with Crippen LogP contribution in [0, 0.1) is 0 Å². The summed E-state index contributed by atoms with van der Waals surface area (Å²) in [7, 11) is 3.31. The van der Waals surface area contributed by atoms with Crippen LogP contribution < -0.4 is 14.8 Å². The maximum atomic E-state index is 12.2. The average Bonchev–Trinajstić information content (AvgIpc) is 2.76. The van der Waals surface area contributed by atoms with E-state index in [0.717, 1.165) is 50.6 Å². The van der Waals surface area contributed by atoms with E-state index < -0.39 is 0 Å². The van der Waals surface area contributed by atoms with Gasteiger partial charge in [-0.05, 0) is 29.7 Å². The molecule has 1 N–H and O–H groups in total. The molecular weight excluding hydrogens is 366 g/mol. The molecule has 0 bridgehead atoms. The van der Waals surface area contributed by atoms with E-state index in [-0.39, 0.29) is 5.91 Å². The van der Waals surface area contributed by atoms with E-state index in [1.165, 1.54) is 11.1 Å². The summed E-state index contributed by atoms with van der Waals surface area (Å²) >= 11 is 0. The first-order valence-corrected chi connectivity index (χ1v) is 10.1. The van der Waals surface area contributed by atoms with E-state index in [4.69, 9.17) is 9.47 Å². The predicted molar refractivity (Wildman–Crippen MR) is 114 cm³/mol. The number of ether oxygens (including phenoxy) is 2. The molecule has 3 rings (SSSR count). The van der Waals surface area contributed by atoms with Crippen molar-refractivity contribution in [2.75, 3.05) is 53.5 Å². The Morgan fingerprint density at radius 1 is 0.897 bits per heavy atom. The zero-order chi connectivity index (χ0) is 20.5. The third-order valence-corrected chi connectivity index (χ3v) is 5.26. The van der Waals surface area contributed by atoms with Crippen molar-refractivity contribution in [2.24, 2.45) is 0 Å². The molecule has 0 atom stereocenters. The Bertz CT molecular complexity index is 774. The van der Waals surface area contributed by atoms with Crippen LogP contribution in [0.2, 0.25) is 0 Å². The summed E-state index contributed by atoms with van der Waals surface area (Å²) in [5.41, 5.74) is 2.45. The van der Waals surface area contributed by atoms with E-state index in [0.29, 0.717) is 13.1 Å². The molecule has 29 heavy (non-hydrogen) atoms. The van der Waals surface area contributed by atoms with Gasteiger partial charge in [-0.25, -0.2) is 0 Å². The Hall–Kier alpha value is -2.57. The molecule has 0 aliphatic carbocycles. The SMILES string of the molecule is COc1ccc(CN2CCN(CC(=O)NCCc3ccccc3)CC2)cc1OC. The average molecular weight is 398 g/mol. The van der Waals surface area contributed by atoms with Crippen molar-refractivity contribution in [2.45, 2.75) is 13.0 Å². The van der Waals surface area contributed by atoms with E-state index in [9.17, 15) is 4.79 Å². The van der Waals surface area contributed by atoms with E-state index >= 15 is 0 Å². The molecule has 1 aliphatic rings. The van der Waals surface area contributed by atoms with Crippen LogP contribution in [0.3, 0.4) is 0 Å². The van der Waals surface area contributed by atoms with Gasteiger partial charge < -0.3 is 14.8 Å². The number of carbonyl (C=O) groups is 1. The van der Waals surface area contributed by atoms with Crippen LogP contribution in [-0.4, -0.2) is 69.2 Å². The molecule has 1 fully saturated rings. The standard InChI is InChI=1S/C23H31N3O3/c1-28-21-9-8-20(16-22(21)29-2)17-25-12-14-26(15-13-25)18-23(27)24-11-10-19-6-4-3-5-7-19/h3-9,16H,10-15,17-18H2,1-2H3,(H,24,27). The fraction of sp³-hybridized carbons (Fsp3) is 0.435. The second-order valence-electron chi connectivity index (χ2n) is 7.33. The molecule has 0 saturated carbocycles. The Kier molecular flexibility index (Phi) is 7.90. The Labute approximate surface area is 173 Å². The molecule has 0 unspecified atom stereocenters. The minimum absolute atomic E-state index is 0.106. The minimum Gasteiger partial charge on any atom is -0.493 e. The van der Waals surface area contributed by atoms with Gasteiger partial charge in [0.15, 0.2) is 11.5 Å². The van der Waals surface area contributed by atoms with Gasteiger partial charge in [0.25, 0.3) is 0 Å². The minimum atomic E-state index is 0.106. The van der Waals surface area contributed by atoms with Crippen LogP contribution in [0.4, 0.5) is 0 Å². The number of nitrogens with one attached hydrogen (secondary N) is 1. The molecule has 1 amide bonds. The van der Waals surface area contributed by atoms with Gasteiger partial charge in [-0.2, -0.15) is 0 Å². The molecule has 1 heterocycles. The van der Waals surface area contributed by atoms with Gasteiger partial charge in [0.2, 0.25) is 5.91 Å². The van der Waals surface area contributed by atoms with Crippen LogP contribution in [0.1, 0.15) is 11.1 Å². The van der Waals surface area contributed by atoms with Gasteiger partial charge in [-0.1, -0.05) is 36.4 Å². The van der Waals surface area contributed by atoms with Crippen molar-refractivity contribution in [3.8, 4) is 11.5 Å². The first-order chi connectivity index (χ1) is 14.2. The molecular formula is C23H31N3O3. The van der Waals surface area contributed by atoms with Gasteiger partial charge in [-0.15, -0.1) is 0 Å². The highest BCUT2D eigenvalue weighted by molar-refractivity contribution is 5.78. The van der Waals surface area contributed by atoms with Gasteiger partial charge in [0.1, 0.15) is 0 Å². The Morgan fingerprint density at radius 2 is 1.59 bits per heavy atom. The van der Waals surface area contributed by atoms with Crippen LogP contribution in [0.25, 0.3) is 0 Å². The molecule has 0 aromatic heterocycles. The van der Waals surface area contributed by atoms with Crippen molar-refractivity contribution in [1.29, 1.82) is 0 Å². The largest absolute Gasteiger partial charge is 0.493 e. The van der Waals surface area contributed by atoms with Gasteiger partial charge in [-0.3, -0.25) is 14.6 Å². The summed E-state index contributed by atoms with van der Waals surface area (Å²) in [4.78, 5) is 16.8. The lowest BCUT2D eigenvalue weighted by Crippen LogP contribution is -2.49. The van der Waals surface area contributed by atoms with E-state index in [1.54, 1.807) is 14.2 Å². The lowest BCUT2D eigenvalue weighted by molar-refractivity contribution is -0.122. The monoisotopic (exact) mass is 397 g/mol. The third-order valence-electron chi connectivity index (χ3n) is 5.26. The van der Waals surface area contributed by atoms with Crippen molar-refractivity contribution in [1.82, 2.24) is 15.1 Å². The molecule has 6 nitrogen and oxygen atoms in total. The summed E-state index contributed by atoms with van der Waals surface area (Å²) in [6.45, 7) is 5.73. The summed E-state index contributed by atoms with van der Waals surface area (Å²) in [5.74, 6) is 1.62. The third kappa shape index (κ3) is 6.48. The van der Waals surface area contributed by atoms with Crippen molar-refractivity contribution < 1.29 is 14.3 Å². The number of benzene rings is 2. The van der Waals surface area contributed by atoms with E-state index in [1.807, 2.05) is 30.3 Å². The number of methoxy groups -OCH3 is 2. The number of piperazine rings is 1. The molecule has 0 spiro atoms. The molecule has 6 heteroatoms. The fourth-order valence-electron chi connectivity index (χ4n) is 3.59. The van der Waals surface area contributed by atoms with Crippen molar-refractivity contribution in [3.63, 3.8) is 0 Å². The number of carbonyl (C=O) groups excluding carboxylic acids is 1. The zero-order valence-electron chi connectivity index (χ0n) is 17.4. The van der Waals surface area contributed by atoms with E-state index in [2.05, 4.69) is 33.3 Å². The van der Waals surface area contributed by atoms with Gasteiger partial charge in [0, 0.05) is 39.3 Å². The Morgan fingerprint density at radius 3 is 2.28 bits per heavy atom. The van der Waals surface area contributed by atoms with Crippen LogP contribution in [0.15, 0.2) is 48.5 Å². The number of hydrogen-bond acceptors (Lipinski definition) is 5. The van der Waals surface area contributed by atoms with Crippen LogP contribution >= 0.6 is 0 Å². The molecule has 2 aromatic rings. The maximum Gasteiger partial charge on any atom is 0.234 e. The summed E-state index contributed by atoms with van der Waals surface area (Å²) in [6, 6.07) is 16.3. The topological polar surface area (TPSA) is 54.0 Å². The molecule has 1 saturated heterocycles. The smallest absolute Gasteiger partial charge is 0.234 e. The second-order valence-corrected chi connectivity index (χ2v) is 7.33. The quantitative estimate of drug-likeness (QED) is 0.703. The van der Waals surface area contributed by atoms with Crippen LogP contribution in [0.5, 0.6) is 11.5 Å². The summed E-state index contributed by atoms with van der Waals surface area (Å²) in [6.07, 6.45) is 0.867. The normalized spacial score (nSPS) is 15.1. The molecule has 2 aromatic carbocycles. The van der Waals surface area contributed by atoms with Gasteiger partial charge >= 0.3 is 0 Å². The molecule has 0 radical (unpaired) electrons. The fourth-order valence-corrected chi connectivity index (χ4v) is 3.59. The lowest BCUT2D eigenvalue weighted by Gasteiger charge is -2.34.